The summed E-state index contributed by atoms with van der Waals surface area (Å²) in [5.41, 5.74) is 4.12. The maximum Gasteiger partial charge on any atom is 0.101 e. The number of fused-ring (bicyclic) bond motifs is 1. The second-order valence-corrected chi connectivity index (χ2v) is 8.57. The molecule has 4 aromatic rings. The number of rotatable bonds is 3. The molecule has 1 aliphatic rings. The van der Waals surface area contributed by atoms with Crippen LogP contribution in [0, 0.1) is 11.3 Å². The van der Waals surface area contributed by atoms with Crippen molar-refractivity contribution in [2.45, 2.75) is 19.3 Å². The minimum atomic E-state index is 0.615. The van der Waals surface area contributed by atoms with Crippen molar-refractivity contribution in [2.24, 2.45) is 0 Å². The molecule has 0 spiro atoms. The first-order valence-electron chi connectivity index (χ1n) is 10.1. The van der Waals surface area contributed by atoms with Gasteiger partial charge >= 0.3 is 0 Å². The highest BCUT2D eigenvalue weighted by Crippen LogP contribution is 2.37. The molecule has 0 amide bonds. The van der Waals surface area contributed by atoms with E-state index in [-0.39, 0.29) is 0 Å². The number of anilines is 1. The minimum Gasteiger partial charge on any atom is -0.372 e. The highest BCUT2D eigenvalue weighted by atomic mass is 32.1. The van der Waals surface area contributed by atoms with E-state index in [9.17, 15) is 5.26 Å². The fourth-order valence-electron chi connectivity index (χ4n) is 4.07. The number of nitrogens with zero attached hydrogens (tertiary/aromatic N) is 3. The molecule has 1 aliphatic heterocycles. The lowest BCUT2D eigenvalue weighted by Gasteiger charge is -2.29. The lowest BCUT2D eigenvalue weighted by atomic mass is 10.0. The molecule has 29 heavy (non-hydrogen) atoms. The van der Waals surface area contributed by atoms with Gasteiger partial charge in [-0.05, 0) is 72.0 Å². The maximum atomic E-state index is 9.35. The molecule has 1 fully saturated rings. The van der Waals surface area contributed by atoms with Crippen LogP contribution in [0.25, 0.3) is 31.7 Å². The third-order valence-electron chi connectivity index (χ3n) is 5.64. The Labute approximate surface area is 174 Å². The summed E-state index contributed by atoms with van der Waals surface area (Å²) in [6.07, 6.45) is 7.31. The molecule has 3 nitrogen and oxygen atoms in total. The largest absolute Gasteiger partial charge is 0.372 e. The minimum absolute atomic E-state index is 0.615. The van der Waals surface area contributed by atoms with Crippen LogP contribution in [0.3, 0.4) is 0 Å². The van der Waals surface area contributed by atoms with E-state index in [1.165, 1.54) is 59.3 Å². The van der Waals surface area contributed by atoms with Crippen molar-refractivity contribution in [3.05, 3.63) is 72.6 Å². The van der Waals surface area contributed by atoms with Gasteiger partial charge in [-0.1, -0.05) is 18.2 Å². The van der Waals surface area contributed by atoms with E-state index >= 15 is 0 Å². The number of hydrogen-bond donors (Lipinski definition) is 0. The summed E-state index contributed by atoms with van der Waals surface area (Å²) in [5.74, 6) is 0. The van der Waals surface area contributed by atoms with Crippen molar-refractivity contribution in [1.82, 2.24) is 4.98 Å². The molecule has 2 aromatic carbocycles. The summed E-state index contributed by atoms with van der Waals surface area (Å²) in [7, 11) is 0. The number of pyridine rings is 1. The van der Waals surface area contributed by atoms with E-state index < -0.39 is 0 Å². The highest BCUT2D eigenvalue weighted by Gasteiger charge is 2.12. The Morgan fingerprint density at radius 3 is 2.52 bits per heavy atom. The van der Waals surface area contributed by atoms with Crippen LogP contribution < -0.4 is 4.90 Å². The smallest absolute Gasteiger partial charge is 0.101 e. The molecule has 142 valence electrons. The van der Waals surface area contributed by atoms with Gasteiger partial charge in [0, 0.05) is 46.5 Å². The molecule has 0 saturated carbocycles. The van der Waals surface area contributed by atoms with Crippen LogP contribution in [-0.2, 0) is 0 Å². The number of aromatic nitrogens is 1. The van der Waals surface area contributed by atoms with Crippen LogP contribution in [-0.4, -0.2) is 18.1 Å². The quantitative estimate of drug-likeness (QED) is 0.398. The van der Waals surface area contributed by atoms with Crippen LogP contribution in [0.15, 0.2) is 67.0 Å². The van der Waals surface area contributed by atoms with E-state index in [0.29, 0.717) is 5.56 Å². The fraction of sp³-hybridized carbons (Fsp3) is 0.200. The first-order valence-corrected chi connectivity index (χ1v) is 10.9. The molecule has 5 rings (SSSR count). The van der Waals surface area contributed by atoms with Crippen LogP contribution in [0.2, 0.25) is 0 Å². The monoisotopic (exact) mass is 395 g/mol. The van der Waals surface area contributed by atoms with E-state index in [2.05, 4.69) is 64.5 Å². The van der Waals surface area contributed by atoms with Crippen LogP contribution in [0.4, 0.5) is 5.69 Å². The normalized spacial score (nSPS) is 14.1. The Morgan fingerprint density at radius 2 is 1.66 bits per heavy atom. The number of nitriles is 1. The average Bonchev–Trinajstić information content (AvgIpc) is 3.29. The molecule has 0 atom stereocenters. The topological polar surface area (TPSA) is 39.9 Å². The first-order chi connectivity index (χ1) is 14.3. The maximum absolute atomic E-state index is 9.35. The van der Waals surface area contributed by atoms with Gasteiger partial charge in [-0.15, -0.1) is 11.3 Å². The molecule has 0 unspecified atom stereocenters. The second-order valence-electron chi connectivity index (χ2n) is 7.49. The third-order valence-corrected chi connectivity index (χ3v) is 6.81. The van der Waals surface area contributed by atoms with Gasteiger partial charge in [-0.25, -0.2) is 0 Å². The average molecular weight is 396 g/mol. The molecule has 4 heteroatoms. The molecule has 3 heterocycles. The van der Waals surface area contributed by atoms with Gasteiger partial charge in [0.1, 0.15) is 6.07 Å². The number of thiophene rings is 1. The van der Waals surface area contributed by atoms with Crippen molar-refractivity contribution in [1.29, 1.82) is 5.26 Å². The van der Waals surface area contributed by atoms with Crippen molar-refractivity contribution in [2.75, 3.05) is 18.0 Å². The SMILES string of the molecule is N#Cc1cnccc1-c1ccc(-c2ccc3cc(N4CCCCC4)ccc3c2)s1. The summed E-state index contributed by atoms with van der Waals surface area (Å²) in [4.78, 5) is 8.87. The zero-order chi connectivity index (χ0) is 19.6. The summed E-state index contributed by atoms with van der Waals surface area (Å²) in [5, 5.41) is 11.9. The van der Waals surface area contributed by atoms with Gasteiger partial charge in [-0.2, -0.15) is 5.26 Å². The van der Waals surface area contributed by atoms with Crippen LogP contribution in [0.1, 0.15) is 24.8 Å². The zero-order valence-corrected chi connectivity index (χ0v) is 17.0. The Balaban J connectivity index is 1.47. The van der Waals surface area contributed by atoms with Gasteiger partial charge < -0.3 is 4.90 Å². The van der Waals surface area contributed by atoms with Crippen molar-refractivity contribution >= 4 is 27.8 Å². The van der Waals surface area contributed by atoms with E-state index in [1.807, 2.05) is 6.07 Å². The van der Waals surface area contributed by atoms with Crippen molar-refractivity contribution in [3.8, 4) is 27.0 Å². The Hall–Kier alpha value is -3.16. The van der Waals surface area contributed by atoms with Gasteiger partial charge in [0.25, 0.3) is 0 Å². The van der Waals surface area contributed by atoms with E-state index in [4.69, 9.17) is 0 Å². The Morgan fingerprint density at radius 1 is 0.862 bits per heavy atom. The zero-order valence-electron chi connectivity index (χ0n) is 16.1. The second kappa shape index (κ2) is 7.69. The lowest BCUT2D eigenvalue weighted by molar-refractivity contribution is 0.578. The summed E-state index contributed by atoms with van der Waals surface area (Å²) in [6, 6.07) is 21.9. The lowest BCUT2D eigenvalue weighted by Crippen LogP contribution is -2.29. The standard InChI is InChI=1S/C25H21N3S/c26-16-21-17-27-11-10-23(21)25-9-8-24(29-25)20-5-4-19-15-22(7-6-18(19)14-20)28-12-2-1-3-13-28/h4-11,14-15,17H,1-3,12-13H2. The van der Waals surface area contributed by atoms with Crippen molar-refractivity contribution < 1.29 is 0 Å². The van der Waals surface area contributed by atoms with Crippen LogP contribution >= 0.6 is 11.3 Å². The van der Waals surface area contributed by atoms with Gasteiger partial charge in [-0.3, -0.25) is 4.98 Å². The molecule has 0 bridgehead atoms. The Kier molecular flexibility index (Phi) is 4.75. The first kappa shape index (κ1) is 17.9. The predicted molar refractivity (Wildman–Crippen MR) is 121 cm³/mol. The van der Waals surface area contributed by atoms with E-state index in [1.54, 1.807) is 23.7 Å². The molecule has 0 N–H and O–H groups in total. The summed E-state index contributed by atoms with van der Waals surface area (Å²) in [6.45, 7) is 2.34. The molecule has 0 aliphatic carbocycles. The molecule has 1 saturated heterocycles. The van der Waals surface area contributed by atoms with Gasteiger partial charge in [0.2, 0.25) is 0 Å². The van der Waals surface area contributed by atoms with Gasteiger partial charge in [0.15, 0.2) is 0 Å². The van der Waals surface area contributed by atoms with Gasteiger partial charge in [0.05, 0.1) is 5.56 Å². The van der Waals surface area contributed by atoms with Crippen molar-refractivity contribution in [3.63, 3.8) is 0 Å². The summed E-state index contributed by atoms with van der Waals surface area (Å²) >= 11 is 1.72. The molecular formula is C25H21N3S. The molecule has 2 aromatic heterocycles. The molecular weight excluding hydrogens is 374 g/mol. The Bertz CT molecular complexity index is 1210. The number of piperidine rings is 1. The summed E-state index contributed by atoms with van der Waals surface area (Å²) < 4.78 is 0. The third kappa shape index (κ3) is 3.50. The predicted octanol–water partition coefficient (Wildman–Crippen LogP) is 6.49. The number of benzene rings is 2. The molecule has 0 radical (unpaired) electrons. The number of hydrogen-bond acceptors (Lipinski definition) is 4. The van der Waals surface area contributed by atoms with E-state index in [0.717, 1.165) is 10.4 Å². The highest BCUT2D eigenvalue weighted by molar-refractivity contribution is 7.18. The fourth-order valence-corrected chi connectivity index (χ4v) is 5.11. The van der Waals surface area contributed by atoms with Crippen LogP contribution in [0.5, 0.6) is 0 Å².